The average Bonchev–Trinajstić information content (AvgIpc) is 2.96. The lowest BCUT2D eigenvalue weighted by Gasteiger charge is -2.26. The number of carbonyl (C=O) groups is 1. The number of thiophene rings is 1. The van der Waals surface area contributed by atoms with Gasteiger partial charge in [-0.15, -0.1) is 11.3 Å². The largest absolute Gasteiger partial charge is 0.494 e. The highest BCUT2D eigenvalue weighted by Gasteiger charge is 2.19. The molecule has 6 heteroatoms. The fourth-order valence-corrected chi connectivity index (χ4v) is 3.54. The summed E-state index contributed by atoms with van der Waals surface area (Å²) in [5.41, 5.74) is 8.32. The third-order valence-electron chi connectivity index (χ3n) is 3.75. The number of nitrogens with two attached hydrogens (primary N) is 1. The topological polar surface area (TPSA) is 67.6 Å². The van der Waals surface area contributed by atoms with Crippen molar-refractivity contribution in [2.24, 2.45) is 0 Å². The van der Waals surface area contributed by atoms with Crippen LogP contribution in [0.3, 0.4) is 0 Å². The molecular formula is C16H19N3O2S. The minimum atomic E-state index is -0.0400. The van der Waals surface area contributed by atoms with Crippen LogP contribution in [-0.4, -0.2) is 31.0 Å². The normalized spacial score (nSPS) is 14.4. The maximum atomic E-state index is 12.2. The molecule has 1 amide bonds. The zero-order valence-electron chi connectivity index (χ0n) is 12.5. The molecule has 3 rings (SSSR count). The lowest BCUT2D eigenvalue weighted by atomic mass is 10.1. The van der Waals surface area contributed by atoms with E-state index in [1.807, 2.05) is 0 Å². The first-order valence-electron chi connectivity index (χ1n) is 7.16. The average molecular weight is 317 g/mol. The Morgan fingerprint density at radius 3 is 3.14 bits per heavy atom. The molecule has 5 nitrogen and oxygen atoms in total. The van der Waals surface area contributed by atoms with Crippen LogP contribution >= 0.6 is 11.3 Å². The van der Waals surface area contributed by atoms with Crippen LogP contribution in [0.25, 0.3) is 0 Å². The van der Waals surface area contributed by atoms with E-state index in [4.69, 9.17) is 10.5 Å². The van der Waals surface area contributed by atoms with Gasteiger partial charge < -0.3 is 15.8 Å². The molecule has 116 valence electrons. The molecule has 0 unspecified atom stereocenters. The summed E-state index contributed by atoms with van der Waals surface area (Å²) in [6.45, 7) is 2.13. The van der Waals surface area contributed by atoms with E-state index in [0.717, 1.165) is 19.5 Å². The highest BCUT2D eigenvalue weighted by atomic mass is 32.1. The summed E-state index contributed by atoms with van der Waals surface area (Å²) in [5.74, 6) is 0.536. The molecular weight excluding hydrogens is 298 g/mol. The predicted molar refractivity (Wildman–Crippen MR) is 89.3 cm³/mol. The lowest BCUT2D eigenvalue weighted by Crippen LogP contribution is -2.36. The lowest BCUT2D eigenvalue weighted by molar-refractivity contribution is -0.117. The van der Waals surface area contributed by atoms with Gasteiger partial charge in [0.15, 0.2) is 0 Å². The van der Waals surface area contributed by atoms with Crippen molar-refractivity contribution in [2.75, 3.05) is 31.2 Å². The second-order valence-electron chi connectivity index (χ2n) is 5.34. The minimum Gasteiger partial charge on any atom is -0.494 e. The van der Waals surface area contributed by atoms with Crippen molar-refractivity contribution in [2.45, 2.75) is 13.0 Å². The summed E-state index contributed by atoms with van der Waals surface area (Å²) in [5, 5.41) is 5.01. The maximum absolute atomic E-state index is 12.2. The van der Waals surface area contributed by atoms with Crippen LogP contribution in [0.1, 0.15) is 10.4 Å². The third kappa shape index (κ3) is 3.23. The Balaban J connectivity index is 1.62. The van der Waals surface area contributed by atoms with E-state index in [1.54, 1.807) is 36.6 Å². The van der Waals surface area contributed by atoms with Crippen molar-refractivity contribution in [3.05, 3.63) is 40.1 Å². The Hall–Kier alpha value is -2.05. The number of nitrogens with zero attached hydrogens (tertiary/aromatic N) is 1. The molecule has 0 bridgehead atoms. The summed E-state index contributed by atoms with van der Waals surface area (Å²) in [7, 11) is 1.56. The number of anilines is 2. The monoisotopic (exact) mass is 317 g/mol. The van der Waals surface area contributed by atoms with Crippen molar-refractivity contribution in [1.29, 1.82) is 0 Å². The molecule has 0 spiro atoms. The van der Waals surface area contributed by atoms with Gasteiger partial charge in [0, 0.05) is 29.7 Å². The van der Waals surface area contributed by atoms with E-state index in [0.29, 0.717) is 23.7 Å². The molecule has 1 aromatic heterocycles. The van der Waals surface area contributed by atoms with Crippen molar-refractivity contribution in [3.8, 4) is 5.75 Å². The van der Waals surface area contributed by atoms with E-state index >= 15 is 0 Å². The molecule has 1 aliphatic rings. The molecule has 3 N–H and O–H groups in total. The van der Waals surface area contributed by atoms with Gasteiger partial charge in [-0.3, -0.25) is 9.69 Å². The molecule has 0 fully saturated rings. The molecule has 0 saturated heterocycles. The van der Waals surface area contributed by atoms with Crippen LogP contribution in [0.5, 0.6) is 5.75 Å². The van der Waals surface area contributed by atoms with Gasteiger partial charge in [-0.05, 0) is 35.6 Å². The van der Waals surface area contributed by atoms with Crippen LogP contribution < -0.4 is 15.8 Å². The molecule has 2 heterocycles. The van der Waals surface area contributed by atoms with Crippen LogP contribution in [0.15, 0.2) is 29.6 Å². The Kier molecular flexibility index (Phi) is 4.31. The van der Waals surface area contributed by atoms with Gasteiger partial charge in [0.1, 0.15) is 5.75 Å². The van der Waals surface area contributed by atoms with E-state index in [2.05, 4.69) is 21.7 Å². The van der Waals surface area contributed by atoms with Gasteiger partial charge in [-0.1, -0.05) is 0 Å². The van der Waals surface area contributed by atoms with Gasteiger partial charge in [0.25, 0.3) is 0 Å². The minimum absolute atomic E-state index is 0.0400. The number of benzene rings is 1. The van der Waals surface area contributed by atoms with E-state index in [1.165, 1.54) is 10.4 Å². The molecule has 0 aliphatic carbocycles. The Bertz CT molecular complexity index is 684. The number of ether oxygens (including phenoxy) is 1. The van der Waals surface area contributed by atoms with Crippen molar-refractivity contribution < 1.29 is 9.53 Å². The van der Waals surface area contributed by atoms with Gasteiger partial charge >= 0.3 is 0 Å². The molecule has 0 radical (unpaired) electrons. The second-order valence-corrected chi connectivity index (χ2v) is 6.34. The number of hydrogen-bond acceptors (Lipinski definition) is 5. The fraction of sp³-hybridized carbons (Fsp3) is 0.312. The van der Waals surface area contributed by atoms with E-state index < -0.39 is 0 Å². The molecule has 0 saturated carbocycles. The van der Waals surface area contributed by atoms with Crippen molar-refractivity contribution in [1.82, 2.24) is 4.90 Å². The highest BCUT2D eigenvalue weighted by molar-refractivity contribution is 7.10. The Labute approximate surface area is 133 Å². The number of rotatable bonds is 4. The summed E-state index contributed by atoms with van der Waals surface area (Å²) in [6, 6.07) is 7.36. The third-order valence-corrected chi connectivity index (χ3v) is 4.78. The number of nitrogens with one attached hydrogen (secondary N) is 1. The molecule has 1 aromatic carbocycles. The molecule has 22 heavy (non-hydrogen) atoms. The van der Waals surface area contributed by atoms with E-state index in [-0.39, 0.29) is 5.91 Å². The van der Waals surface area contributed by atoms with Crippen LogP contribution in [0.2, 0.25) is 0 Å². The number of carbonyl (C=O) groups excluding carboxylic acids is 1. The summed E-state index contributed by atoms with van der Waals surface area (Å²) in [4.78, 5) is 15.8. The number of amides is 1. The number of fused-ring (bicyclic) bond motifs is 1. The Morgan fingerprint density at radius 2 is 2.32 bits per heavy atom. The van der Waals surface area contributed by atoms with Crippen LogP contribution in [0, 0.1) is 0 Å². The van der Waals surface area contributed by atoms with Gasteiger partial charge in [0.05, 0.1) is 19.3 Å². The van der Waals surface area contributed by atoms with Crippen LogP contribution in [0.4, 0.5) is 11.4 Å². The quantitative estimate of drug-likeness (QED) is 0.849. The second kappa shape index (κ2) is 6.37. The van der Waals surface area contributed by atoms with Gasteiger partial charge in [-0.25, -0.2) is 0 Å². The van der Waals surface area contributed by atoms with Crippen LogP contribution in [-0.2, 0) is 17.8 Å². The number of hydrogen-bond donors (Lipinski definition) is 2. The molecule has 0 atom stereocenters. The first kappa shape index (κ1) is 14.9. The number of methoxy groups -OCH3 is 1. The zero-order chi connectivity index (χ0) is 15.5. The molecule has 2 aromatic rings. The maximum Gasteiger partial charge on any atom is 0.238 e. The smallest absolute Gasteiger partial charge is 0.238 e. The highest BCUT2D eigenvalue weighted by Crippen LogP contribution is 2.27. The fourth-order valence-electron chi connectivity index (χ4n) is 2.65. The first-order valence-corrected chi connectivity index (χ1v) is 8.04. The zero-order valence-corrected chi connectivity index (χ0v) is 13.3. The predicted octanol–water partition coefficient (Wildman–Crippen LogP) is 2.34. The summed E-state index contributed by atoms with van der Waals surface area (Å²) < 4.78 is 5.25. The summed E-state index contributed by atoms with van der Waals surface area (Å²) in [6.07, 6.45) is 1.02. The first-order chi connectivity index (χ1) is 10.7. The SMILES string of the molecule is COc1cc(N)ccc1NC(=O)CN1CCc2sccc2C1. The summed E-state index contributed by atoms with van der Waals surface area (Å²) >= 11 is 1.80. The van der Waals surface area contributed by atoms with Crippen molar-refractivity contribution in [3.63, 3.8) is 0 Å². The molecule has 1 aliphatic heterocycles. The van der Waals surface area contributed by atoms with E-state index in [9.17, 15) is 4.79 Å². The standard InChI is InChI=1S/C16H19N3O2S/c1-21-14-8-12(17)2-3-13(14)18-16(20)10-19-6-4-15-11(9-19)5-7-22-15/h2-3,5,7-8H,4,6,9-10,17H2,1H3,(H,18,20). The van der Waals surface area contributed by atoms with Crippen molar-refractivity contribution >= 4 is 28.6 Å². The number of nitrogen functional groups attached to an aromatic ring is 1. The van der Waals surface area contributed by atoms with Gasteiger partial charge in [0.2, 0.25) is 5.91 Å². The Morgan fingerprint density at radius 1 is 1.45 bits per heavy atom. The van der Waals surface area contributed by atoms with Gasteiger partial charge in [-0.2, -0.15) is 0 Å².